The maximum Gasteiger partial charge on any atom is 0.133 e. The van der Waals surface area contributed by atoms with Crippen LogP contribution in [0, 0.1) is 0 Å². The summed E-state index contributed by atoms with van der Waals surface area (Å²) in [5.41, 5.74) is 1.20. The number of hydrogen-bond acceptors (Lipinski definition) is 4. The van der Waals surface area contributed by atoms with Gasteiger partial charge in [-0.1, -0.05) is 6.92 Å². The van der Waals surface area contributed by atoms with Crippen LogP contribution in [0.3, 0.4) is 0 Å². The van der Waals surface area contributed by atoms with Crippen LogP contribution in [0.1, 0.15) is 50.5 Å². The van der Waals surface area contributed by atoms with E-state index in [1.54, 1.807) is 7.11 Å². The number of anilines is 1. The molecule has 1 aliphatic rings. The van der Waals surface area contributed by atoms with Crippen molar-refractivity contribution in [2.45, 2.75) is 51.6 Å². The van der Waals surface area contributed by atoms with E-state index in [4.69, 9.17) is 4.74 Å². The quantitative estimate of drug-likeness (QED) is 0.807. The molecule has 1 unspecified atom stereocenters. The molecule has 1 aromatic heterocycles. The van der Waals surface area contributed by atoms with Gasteiger partial charge in [0.25, 0.3) is 0 Å². The summed E-state index contributed by atoms with van der Waals surface area (Å²) in [7, 11) is 1.73. The lowest BCUT2D eigenvalue weighted by molar-refractivity contribution is 0.117. The molecule has 1 fully saturated rings. The number of nitrogens with zero attached hydrogens (tertiary/aromatic N) is 2. The maximum absolute atomic E-state index is 5.29. The molecule has 0 amide bonds. The third-order valence-electron chi connectivity index (χ3n) is 3.22. The van der Waals surface area contributed by atoms with Crippen LogP contribution in [0.5, 0.6) is 0 Å². The fourth-order valence-corrected chi connectivity index (χ4v) is 1.88. The van der Waals surface area contributed by atoms with Crippen LogP contribution in [-0.4, -0.2) is 29.7 Å². The summed E-state index contributed by atoms with van der Waals surface area (Å²) < 4.78 is 5.29. The van der Waals surface area contributed by atoms with Gasteiger partial charge in [0.15, 0.2) is 0 Å². The fourth-order valence-electron chi connectivity index (χ4n) is 1.88. The molecule has 4 nitrogen and oxygen atoms in total. The first-order chi connectivity index (χ1) is 8.72. The highest BCUT2D eigenvalue weighted by molar-refractivity contribution is 5.38. The van der Waals surface area contributed by atoms with Crippen LogP contribution >= 0.6 is 0 Å². The molecule has 1 heterocycles. The Kier molecular flexibility index (Phi) is 4.53. The molecule has 18 heavy (non-hydrogen) atoms. The van der Waals surface area contributed by atoms with E-state index in [9.17, 15) is 0 Å². The van der Waals surface area contributed by atoms with E-state index in [0.29, 0.717) is 5.92 Å². The van der Waals surface area contributed by atoms with Crippen LogP contribution < -0.4 is 5.32 Å². The van der Waals surface area contributed by atoms with E-state index in [0.717, 1.165) is 31.0 Å². The van der Waals surface area contributed by atoms with E-state index < -0.39 is 0 Å². The Hall–Kier alpha value is -1.16. The monoisotopic (exact) mass is 249 g/mol. The normalized spacial score (nSPS) is 16.6. The Morgan fingerprint density at radius 2 is 2.22 bits per heavy atom. The van der Waals surface area contributed by atoms with Gasteiger partial charge in [-0.3, -0.25) is 0 Å². The zero-order valence-corrected chi connectivity index (χ0v) is 11.6. The van der Waals surface area contributed by atoms with Crippen molar-refractivity contribution in [2.24, 2.45) is 0 Å². The highest BCUT2D eigenvalue weighted by atomic mass is 16.5. The minimum atomic E-state index is 0.165. The molecule has 0 radical (unpaired) electrons. The average molecular weight is 249 g/mol. The van der Waals surface area contributed by atoms with Gasteiger partial charge in [0.2, 0.25) is 0 Å². The number of aromatic nitrogens is 2. The van der Waals surface area contributed by atoms with Crippen LogP contribution in [0.15, 0.2) is 6.07 Å². The molecule has 0 aromatic carbocycles. The molecule has 4 heteroatoms. The number of methoxy groups -OCH3 is 1. The van der Waals surface area contributed by atoms with Gasteiger partial charge in [-0.15, -0.1) is 0 Å². The minimum absolute atomic E-state index is 0.165. The summed E-state index contributed by atoms with van der Waals surface area (Å²) in [6.45, 7) is 5.16. The Labute approximate surface area is 109 Å². The second-order valence-corrected chi connectivity index (χ2v) is 5.05. The van der Waals surface area contributed by atoms with E-state index in [1.807, 2.05) is 6.92 Å². The van der Waals surface area contributed by atoms with Gasteiger partial charge in [-0.25, -0.2) is 9.97 Å². The highest BCUT2D eigenvalue weighted by Crippen LogP contribution is 2.39. The first kappa shape index (κ1) is 13.3. The molecule has 0 saturated heterocycles. The van der Waals surface area contributed by atoms with Crippen molar-refractivity contribution in [3.8, 4) is 0 Å². The van der Waals surface area contributed by atoms with Gasteiger partial charge in [0, 0.05) is 37.8 Å². The third kappa shape index (κ3) is 3.67. The van der Waals surface area contributed by atoms with Crippen LogP contribution in [0.2, 0.25) is 0 Å². The lowest BCUT2D eigenvalue weighted by Crippen LogP contribution is -2.14. The molecular formula is C14H23N3O. The van der Waals surface area contributed by atoms with E-state index in [1.165, 1.54) is 18.5 Å². The molecule has 1 aliphatic carbocycles. The van der Waals surface area contributed by atoms with Crippen LogP contribution in [0.4, 0.5) is 5.82 Å². The van der Waals surface area contributed by atoms with Crippen LogP contribution in [-0.2, 0) is 11.2 Å². The van der Waals surface area contributed by atoms with E-state index >= 15 is 0 Å². The number of rotatable bonds is 7. The summed E-state index contributed by atoms with van der Waals surface area (Å²) in [4.78, 5) is 9.23. The summed E-state index contributed by atoms with van der Waals surface area (Å²) >= 11 is 0. The van der Waals surface area contributed by atoms with E-state index in [2.05, 4.69) is 28.3 Å². The molecule has 0 spiro atoms. The molecular weight excluding hydrogens is 226 g/mol. The minimum Gasteiger partial charge on any atom is -0.381 e. The van der Waals surface area contributed by atoms with Gasteiger partial charge in [-0.2, -0.15) is 0 Å². The van der Waals surface area contributed by atoms with Gasteiger partial charge in [0.1, 0.15) is 11.6 Å². The lowest BCUT2D eigenvalue weighted by atomic mass is 10.2. The Morgan fingerprint density at radius 1 is 1.44 bits per heavy atom. The predicted octanol–water partition coefficient (Wildman–Crippen LogP) is 2.75. The smallest absolute Gasteiger partial charge is 0.133 e. The average Bonchev–Trinajstić information content (AvgIpc) is 3.20. The first-order valence-corrected chi connectivity index (χ1v) is 6.87. The summed E-state index contributed by atoms with van der Waals surface area (Å²) in [6, 6.07) is 2.11. The standard InChI is InChI=1S/C14H23N3O/c1-4-7-15-13-9-12(11-5-6-11)16-14(17-13)8-10(2)18-3/h9-11H,4-8H2,1-3H3,(H,15,16,17). The second kappa shape index (κ2) is 6.14. The molecule has 1 atom stereocenters. The lowest BCUT2D eigenvalue weighted by Gasteiger charge is -2.12. The zero-order chi connectivity index (χ0) is 13.0. The van der Waals surface area contributed by atoms with Crippen LogP contribution in [0.25, 0.3) is 0 Å². The van der Waals surface area contributed by atoms with Crippen molar-refractivity contribution in [1.29, 1.82) is 0 Å². The Morgan fingerprint density at radius 3 is 2.83 bits per heavy atom. The second-order valence-electron chi connectivity index (χ2n) is 5.05. The van der Waals surface area contributed by atoms with Crippen molar-refractivity contribution in [1.82, 2.24) is 9.97 Å². The Balaban J connectivity index is 2.13. The van der Waals surface area contributed by atoms with Crippen molar-refractivity contribution in [3.63, 3.8) is 0 Å². The molecule has 2 rings (SSSR count). The van der Waals surface area contributed by atoms with Gasteiger partial charge in [-0.05, 0) is 26.2 Å². The molecule has 1 saturated carbocycles. The summed E-state index contributed by atoms with van der Waals surface area (Å²) in [6.07, 6.45) is 4.58. The maximum atomic E-state index is 5.29. The van der Waals surface area contributed by atoms with Crippen molar-refractivity contribution >= 4 is 5.82 Å². The fraction of sp³-hybridized carbons (Fsp3) is 0.714. The highest BCUT2D eigenvalue weighted by Gasteiger charge is 2.26. The molecule has 0 aliphatic heterocycles. The SMILES string of the molecule is CCCNc1cc(C2CC2)nc(CC(C)OC)n1. The number of hydrogen-bond donors (Lipinski definition) is 1. The number of nitrogens with one attached hydrogen (secondary N) is 1. The molecule has 1 N–H and O–H groups in total. The first-order valence-electron chi connectivity index (χ1n) is 6.87. The van der Waals surface area contributed by atoms with E-state index in [-0.39, 0.29) is 6.10 Å². The Bertz CT molecular complexity index is 391. The van der Waals surface area contributed by atoms with Crippen molar-refractivity contribution in [3.05, 3.63) is 17.6 Å². The molecule has 1 aromatic rings. The largest absolute Gasteiger partial charge is 0.381 e. The molecule has 0 bridgehead atoms. The third-order valence-corrected chi connectivity index (χ3v) is 3.22. The van der Waals surface area contributed by atoms with Gasteiger partial charge < -0.3 is 10.1 Å². The zero-order valence-electron chi connectivity index (χ0n) is 11.6. The topological polar surface area (TPSA) is 47.0 Å². The summed E-state index contributed by atoms with van der Waals surface area (Å²) in [5, 5.41) is 3.36. The predicted molar refractivity (Wildman–Crippen MR) is 73.0 cm³/mol. The van der Waals surface area contributed by atoms with Crippen molar-refractivity contribution < 1.29 is 4.74 Å². The summed E-state index contributed by atoms with van der Waals surface area (Å²) in [5.74, 6) is 2.52. The van der Waals surface area contributed by atoms with Gasteiger partial charge in [0.05, 0.1) is 6.10 Å². The number of ether oxygens (including phenoxy) is 1. The molecule has 100 valence electrons. The van der Waals surface area contributed by atoms with Crippen molar-refractivity contribution in [2.75, 3.05) is 19.0 Å². The van der Waals surface area contributed by atoms with Gasteiger partial charge >= 0.3 is 0 Å².